The van der Waals surface area contributed by atoms with Crippen LogP contribution >= 0.6 is 15.9 Å². The van der Waals surface area contributed by atoms with Gasteiger partial charge in [0.15, 0.2) is 0 Å². The fraction of sp³-hybridized carbons (Fsp3) is 0.692. The normalized spacial score (nSPS) is 18.8. The van der Waals surface area contributed by atoms with E-state index in [4.69, 9.17) is 5.26 Å². The monoisotopic (exact) mass is 295 g/mol. The Hall–Kier alpha value is -0.820. The lowest BCUT2D eigenvalue weighted by atomic mass is 9.96. The maximum atomic E-state index is 8.93. The molecule has 3 nitrogen and oxygen atoms in total. The molecule has 1 aromatic heterocycles. The van der Waals surface area contributed by atoms with Gasteiger partial charge >= 0.3 is 0 Å². The molecule has 1 fully saturated rings. The standard InChI is InChI=1S/C13H18BrN3/c14-9-11(10-15)8-12-6-7-17(16-12)13-4-2-1-3-5-13/h6-7,11,13H,1-5,8-9H2. The molecule has 92 valence electrons. The van der Waals surface area contributed by atoms with Gasteiger partial charge in [-0.1, -0.05) is 35.2 Å². The highest BCUT2D eigenvalue weighted by atomic mass is 79.9. The average Bonchev–Trinajstić information content (AvgIpc) is 2.85. The summed E-state index contributed by atoms with van der Waals surface area (Å²) in [5.41, 5.74) is 1.04. The van der Waals surface area contributed by atoms with Crippen LogP contribution in [-0.2, 0) is 6.42 Å². The van der Waals surface area contributed by atoms with E-state index >= 15 is 0 Å². The van der Waals surface area contributed by atoms with Crippen LogP contribution in [-0.4, -0.2) is 15.1 Å². The molecule has 0 spiro atoms. The number of halogens is 1. The maximum absolute atomic E-state index is 8.93. The molecule has 1 unspecified atom stereocenters. The third-order valence-corrected chi connectivity index (χ3v) is 4.22. The first-order valence-electron chi connectivity index (χ1n) is 6.33. The summed E-state index contributed by atoms with van der Waals surface area (Å²) in [5.74, 6) is 0.0321. The van der Waals surface area contributed by atoms with Crippen molar-refractivity contribution in [3.8, 4) is 6.07 Å². The summed E-state index contributed by atoms with van der Waals surface area (Å²) in [4.78, 5) is 0. The second-order valence-electron chi connectivity index (χ2n) is 4.76. The van der Waals surface area contributed by atoms with E-state index in [1.165, 1.54) is 32.1 Å². The van der Waals surface area contributed by atoms with Gasteiger partial charge in [0.05, 0.1) is 23.7 Å². The zero-order valence-corrected chi connectivity index (χ0v) is 11.6. The molecule has 4 heteroatoms. The Bertz CT molecular complexity index is 388. The van der Waals surface area contributed by atoms with Crippen molar-refractivity contribution in [3.63, 3.8) is 0 Å². The van der Waals surface area contributed by atoms with Crippen molar-refractivity contribution in [2.24, 2.45) is 5.92 Å². The first kappa shape index (κ1) is 12.6. The molecule has 2 rings (SSSR count). The van der Waals surface area contributed by atoms with Gasteiger partial charge in [0.25, 0.3) is 0 Å². The van der Waals surface area contributed by atoms with Gasteiger partial charge in [0, 0.05) is 17.9 Å². The highest BCUT2D eigenvalue weighted by Crippen LogP contribution is 2.27. The molecule has 17 heavy (non-hydrogen) atoms. The highest BCUT2D eigenvalue weighted by molar-refractivity contribution is 9.09. The molecule has 1 aliphatic carbocycles. The molecule has 0 aromatic carbocycles. The Balaban J connectivity index is 1.97. The molecule has 1 saturated carbocycles. The summed E-state index contributed by atoms with van der Waals surface area (Å²) < 4.78 is 2.11. The lowest BCUT2D eigenvalue weighted by Gasteiger charge is -2.21. The van der Waals surface area contributed by atoms with Crippen LogP contribution in [0.25, 0.3) is 0 Å². The highest BCUT2D eigenvalue weighted by Gasteiger charge is 2.16. The number of nitrogens with zero attached hydrogens (tertiary/aromatic N) is 3. The lowest BCUT2D eigenvalue weighted by Crippen LogP contribution is -2.14. The van der Waals surface area contributed by atoms with Crippen LogP contribution in [0.1, 0.15) is 43.8 Å². The number of nitriles is 1. The molecule has 1 aliphatic rings. The van der Waals surface area contributed by atoms with E-state index < -0.39 is 0 Å². The predicted molar refractivity (Wildman–Crippen MR) is 71.0 cm³/mol. The number of aromatic nitrogens is 2. The van der Waals surface area contributed by atoms with E-state index in [9.17, 15) is 0 Å². The Kier molecular flexibility index (Phi) is 4.61. The van der Waals surface area contributed by atoms with E-state index in [-0.39, 0.29) is 5.92 Å². The summed E-state index contributed by atoms with van der Waals surface area (Å²) in [6, 6.07) is 4.94. The van der Waals surface area contributed by atoms with Crippen molar-refractivity contribution in [1.82, 2.24) is 9.78 Å². The van der Waals surface area contributed by atoms with Crippen molar-refractivity contribution in [2.45, 2.75) is 44.6 Å². The molecule has 1 heterocycles. The number of alkyl halides is 1. The van der Waals surface area contributed by atoms with Crippen LogP contribution < -0.4 is 0 Å². The molecule has 1 atom stereocenters. The third kappa shape index (κ3) is 3.32. The smallest absolute Gasteiger partial charge is 0.0668 e. The summed E-state index contributed by atoms with van der Waals surface area (Å²) in [5, 5.41) is 14.3. The van der Waals surface area contributed by atoms with E-state index in [1.54, 1.807) is 0 Å². The number of hydrogen-bond acceptors (Lipinski definition) is 2. The summed E-state index contributed by atoms with van der Waals surface area (Å²) in [6.45, 7) is 0. The molecule has 0 amide bonds. The van der Waals surface area contributed by atoms with Gasteiger partial charge in [-0.25, -0.2) is 0 Å². The first-order chi connectivity index (χ1) is 8.33. The van der Waals surface area contributed by atoms with Crippen LogP contribution in [0.2, 0.25) is 0 Å². The Morgan fingerprint density at radius 1 is 1.47 bits per heavy atom. The quantitative estimate of drug-likeness (QED) is 0.798. The van der Waals surface area contributed by atoms with E-state index in [0.717, 1.165) is 17.4 Å². The minimum absolute atomic E-state index is 0.0321. The van der Waals surface area contributed by atoms with Gasteiger partial charge in [-0.2, -0.15) is 10.4 Å². The molecule has 0 N–H and O–H groups in total. The van der Waals surface area contributed by atoms with Crippen LogP contribution in [0.3, 0.4) is 0 Å². The minimum atomic E-state index is 0.0321. The summed E-state index contributed by atoms with van der Waals surface area (Å²) in [6.07, 6.45) is 9.34. The zero-order valence-electron chi connectivity index (χ0n) is 9.98. The van der Waals surface area contributed by atoms with Crippen molar-refractivity contribution in [1.29, 1.82) is 5.26 Å². The predicted octanol–water partition coefficient (Wildman–Crippen LogP) is 3.47. The Morgan fingerprint density at radius 3 is 2.88 bits per heavy atom. The van der Waals surface area contributed by atoms with E-state index in [1.807, 2.05) is 0 Å². The second kappa shape index (κ2) is 6.20. The summed E-state index contributed by atoms with van der Waals surface area (Å²) in [7, 11) is 0. The first-order valence-corrected chi connectivity index (χ1v) is 7.45. The molecular formula is C13H18BrN3. The second-order valence-corrected chi connectivity index (χ2v) is 5.41. The average molecular weight is 296 g/mol. The maximum Gasteiger partial charge on any atom is 0.0668 e. The van der Waals surface area contributed by atoms with Crippen LogP contribution in [0.5, 0.6) is 0 Å². The zero-order chi connectivity index (χ0) is 12.1. The van der Waals surface area contributed by atoms with Crippen molar-refractivity contribution < 1.29 is 0 Å². The van der Waals surface area contributed by atoms with Crippen molar-refractivity contribution in [2.75, 3.05) is 5.33 Å². The van der Waals surface area contributed by atoms with Gasteiger partial charge in [0.1, 0.15) is 0 Å². The van der Waals surface area contributed by atoms with Crippen LogP contribution in [0.4, 0.5) is 0 Å². The Labute approximate surface area is 111 Å². The van der Waals surface area contributed by atoms with Crippen LogP contribution in [0, 0.1) is 17.2 Å². The number of rotatable bonds is 4. The van der Waals surface area contributed by atoms with Gasteiger partial charge < -0.3 is 0 Å². The van der Waals surface area contributed by atoms with Gasteiger partial charge in [-0.05, 0) is 18.9 Å². The SMILES string of the molecule is N#CC(CBr)Cc1ccn(C2CCCCC2)n1. The van der Waals surface area contributed by atoms with Crippen molar-refractivity contribution >= 4 is 15.9 Å². The molecule has 0 aliphatic heterocycles. The lowest BCUT2D eigenvalue weighted by molar-refractivity contribution is 0.328. The molecule has 0 saturated heterocycles. The van der Waals surface area contributed by atoms with Crippen LogP contribution in [0.15, 0.2) is 12.3 Å². The molecule has 1 aromatic rings. The largest absolute Gasteiger partial charge is 0.269 e. The molecule has 0 bridgehead atoms. The van der Waals surface area contributed by atoms with E-state index in [0.29, 0.717) is 6.04 Å². The number of hydrogen-bond donors (Lipinski definition) is 0. The molecule has 0 radical (unpaired) electrons. The third-order valence-electron chi connectivity index (χ3n) is 3.44. The Morgan fingerprint density at radius 2 is 2.24 bits per heavy atom. The fourth-order valence-electron chi connectivity index (χ4n) is 2.42. The van der Waals surface area contributed by atoms with Gasteiger partial charge in [0.2, 0.25) is 0 Å². The molecular weight excluding hydrogens is 278 g/mol. The van der Waals surface area contributed by atoms with Crippen molar-refractivity contribution in [3.05, 3.63) is 18.0 Å². The van der Waals surface area contributed by atoms with Gasteiger partial charge in [-0.3, -0.25) is 4.68 Å². The fourth-order valence-corrected chi connectivity index (χ4v) is 2.80. The van der Waals surface area contributed by atoms with E-state index in [2.05, 4.69) is 44.0 Å². The summed E-state index contributed by atoms with van der Waals surface area (Å²) >= 11 is 3.36. The topological polar surface area (TPSA) is 41.6 Å². The van der Waals surface area contributed by atoms with Gasteiger partial charge in [-0.15, -0.1) is 0 Å². The minimum Gasteiger partial charge on any atom is -0.269 e.